The van der Waals surface area contributed by atoms with Crippen molar-refractivity contribution >= 4 is 11.8 Å². The third kappa shape index (κ3) is 4.55. The number of thioether (sulfide) groups is 1. The van der Waals surface area contributed by atoms with Crippen LogP contribution in [0.1, 0.15) is 25.5 Å². The number of nitrogens with two attached hydrogens (primary N) is 1. The van der Waals surface area contributed by atoms with Crippen LogP contribution >= 0.6 is 11.8 Å². The number of hydrazine groups is 1. The summed E-state index contributed by atoms with van der Waals surface area (Å²) in [4.78, 5) is 0. The monoisotopic (exact) mass is 242 g/mol. The number of nitrogens with zero attached hydrogens (tertiary/aromatic N) is 2. The van der Waals surface area contributed by atoms with Crippen LogP contribution in [-0.4, -0.2) is 27.3 Å². The van der Waals surface area contributed by atoms with Gasteiger partial charge in [0.15, 0.2) is 0 Å². The molecule has 0 aliphatic heterocycles. The second-order valence-corrected chi connectivity index (χ2v) is 5.07. The number of aromatic nitrogens is 2. The van der Waals surface area contributed by atoms with Gasteiger partial charge < -0.3 is 0 Å². The van der Waals surface area contributed by atoms with Crippen LogP contribution in [0, 0.1) is 0 Å². The quantitative estimate of drug-likeness (QED) is 0.410. The molecule has 0 aliphatic carbocycles. The molecule has 1 heterocycles. The normalized spacial score (nSPS) is 12.9. The molecule has 0 saturated heterocycles. The van der Waals surface area contributed by atoms with Crippen LogP contribution in [0.5, 0.6) is 0 Å². The van der Waals surface area contributed by atoms with Crippen molar-refractivity contribution in [2.75, 3.05) is 11.5 Å². The summed E-state index contributed by atoms with van der Waals surface area (Å²) in [5.41, 5.74) is 4.16. The Morgan fingerprint density at radius 1 is 1.62 bits per heavy atom. The second kappa shape index (κ2) is 7.70. The minimum absolute atomic E-state index is 0.395. The van der Waals surface area contributed by atoms with Crippen molar-refractivity contribution in [2.24, 2.45) is 12.9 Å². The molecule has 1 rings (SSSR count). The van der Waals surface area contributed by atoms with E-state index in [4.69, 9.17) is 5.84 Å². The standard InChI is InChI=1S/C11H22N4S/c1-3-8-16-9-10(14-12)4-5-11-6-7-13-15(11)2/h6-7,10,14H,3-5,8-9,12H2,1-2H3. The van der Waals surface area contributed by atoms with Gasteiger partial charge in [0.1, 0.15) is 0 Å². The van der Waals surface area contributed by atoms with Crippen molar-refractivity contribution in [1.29, 1.82) is 0 Å². The number of hydrogen-bond donors (Lipinski definition) is 2. The van der Waals surface area contributed by atoms with Gasteiger partial charge in [-0.2, -0.15) is 16.9 Å². The second-order valence-electron chi connectivity index (χ2n) is 3.92. The molecule has 1 atom stereocenters. The highest BCUT2D eigenvalue weighted by Gasteiger charge is 2.08. The van der Waals surface area contributed by atoms with Crippen molar-refractivity contribution in [2.45, 2.75) is 32.2 Å². The molecule has 1 unspecified atom stereocenters. The number of aryl methyl sites for hydroxylation is 2. The van der Waals surface area contributed by atoms with Crippen LogP contribution in [0.3, 0.4) is 0 Å². The maximum absolute atomic E-state index is 5.55. The Bertz CT molecular complexity index is 287. The number of nitrogens with one attached hydrogen (secondary N) is 1. The molecule has 0 aromatic carbocycles. The molecule has 0 aliphatic rings. The molecule has 1 aromatic rings. The zero-order valence-electron chi connectivity index (χ0n) is 10.1. The largest absolute Gasteiger partial charge is 0.273 e. The van der Waals surface area contributed by atoms with E-state index < -0.39 is 0 Å². The Kier molecular flexibility index (Phi) is 6.52. The van der Waals surface area contributed by atoms with E-state index in [0.717, 1.165) is 18.6 Å². The van der Waals surface area contributed by atoms with Crippen molar-refractivity contribution in [3.8, 4) is 0 Å². The molecular weight excluding hydrogens is 220 g/mol. The van der Waals surface area contributed by atoms with E-state index in [-0.39, 0.29) is 0 Å². The van der Waals surface area contributed by atoms with Gasteiger partial charge in [0.2, 0.25) is 0 Å². The van der Waals surface area contributed by atoms with E-state index in [2.05, 4.69) is 23.5 Å². The lowest BCUT2D eigenvalue weighted by atomic mass is 10.1. The number of rotatable bonds is 8. The Morgan fingerprint density at radius 2 is 2.44 bits per heavy atom. The first kappa shape index (κ1) is 13.5. The molecule has 16 heavy (non-hydrogen) atoms. The third-order valence-electron chi connectivity index (χ3n) is 2.57. The minimum Gasteiger partial charge on any atom is -0.273 e. The van der Waals surface area contributed by atoms with E-state index in [1.165, 1.54) is 17.9 Å². The van der Waals surface area contributed by atoms with Crippen molar-refractivity contribution in [1.82, 2.24) is 15.2 Å². The fraction of sp³-hybridized carbons (Fsp3) is 0.727. The highest BCUT2D eigenvalue weighted by molar-refractivity contribution is 7.99. The lowest BCUT2D eigenvalue weighted by Gasteiger charge is -2.15. The van der Waals surface area contributed by atoms with Crippen LogP contribution in [-0.2, 0) is 13.5 Å². The van der Waals surface area contributed by atoms with Crippen LogP contribution in [0.2, 0.25) is 0 Å². The first-order valence-electron chi connectivity index (χ1n) is 5.78. The van der Waals surface area contributed by atoms with E-state index >= 15 is 0 Å². The Morgan fingerprint density at radius 3 is 3.00 bits per heavy atom. The molecule has 0 fully saturated rings. The summed E-state index contributed by atoms with van der Waals surface area (Å²) in [5, 5.41) is 4.16. The molecule has 3 N–H and O–H groups in total. The molecule has 92 valence electrons. The summed E-state index contributed by atoms with van der Waals surface area (Å²) in [6, 6.07) is 2.46. The Labute approximate surface area is 102 Å². The fourth-order valence-electron chi connectivity index (χ4n) is 1.55. The van der Waals surface area contributed by atoms with Gasteiger partial charge in [-0.05, 0) is 31.1 Å². The van der Waals surface area contributed by atoms with Gasteiger partial charge >= 0.3 is 0 Å². The van der Waals surface area contributed by atoms with Crippen LogP contribution in [0.15, 0.2) is 12.3 Å². The topological polar surface area (TPSA) is 55.9 Å². The zero-order chi connectivity index (χ0) is 11.8. The van der Waals surface area contributed by atoms with Crippen molar-refractivity contribution in [3.63, 3.8) is 0 Å². The fourth-order valence-corrected chi connectivity index (χ4v) is 2.56. The summed E-state index contributed by atoms with van der Waals surface area (Å²) in [6.45, 7) is 2.20. The smallest absolute Gasteiger partial charge is 0.0492 e. The lowest BCUT2D eigenvalue weighted by Crippen LogP contribution is -2.37. The van der Waals surface area contributed by atoms with E-state index in [9.17, 15) is 0 Å². The lowest BCUT2D eigenvalue weighted by molar-refractivity contribution is 0.528. The molecule has 4 nitrogen and oxygen atoms in total. The third-order valence-corrected chi connectivity index (χ3v) is 3.91. The van der Waals surface area contributed by atoms with E-state index in [1.807, 2.05) is 29.7 Å². The molecule has 0 amide bonds. The summed E-state index contributed by atoms with van der Waals surface area (Å²) in [7, 11) is 1.98. The predicted octanol–water partition coefficient (Wildman–Crippen LogP) is 1.33. The molecule has 0 saturated carbocycles. The first-order valence-corrected chi connectivity index (χ1v) is 6.94. The average molecular weight is 242 g/mol. The van der Waals surface area contributed by atoms with E-state index in [0.29, 0.717) is 6.04 Å². The van der Waals surface area contributed by atoms with Gasteiger partial charge in [-0.25, -0.2) is 0 Å². The van der Waals surface area contributed by atoms with Crippen molar-refractivity contribution < 1.29 is 0 Å². The highest BCUT2D eigenvalue weighted by Crippen LogP contribution is 2.09. The van der Waals surface area contributed by atoms with Crippen LogP contribution < -0.4 is 11.3 Å². The van der Waals surface area contributed by atoms with Crippen LogP contribution in [0.4, 0.5) is 0 Å². The molecule has 0 radical (unpaired) electrons. The molecule has 5 heteroatoms. The van der Waals surface area contributed by atoms with E-state index in [1.54, 1.807) is 0 Å². The number of hydrogen-bond acceptors (Lipinski definition) is 4. The van der Waals surface area contributed by atoms with Crippen molar-refractivity contribution in [3.05, 3.63) is 18.0 Å². The van der Waals surface area contributed by atoms with Gasteiger partial charge in [0.25, 0.3) is 0 Å². The Hall–Kier alpha value is -0.520. The highest BCUT2D eigenvalue weighted by atomic mass is 32.2. The first-order chi connectivity index (χ1) is 7.77. The summed E-state index contributed by atoms with van der Waals surface area (Å²) in [5.74, 6) is 7.84. The average Bonchev–Trinajstić information content (AvgIpc) is 2.69. The summed E-state index contributed by atoms with van der Waals surface area (Å²) < 4.78 is 1.92. The summed E-state index contributed by atoms with van der Waals surface area (Å²) in [6.07, 6.45) is 5.15. The summed E-state index contributed by atoms with van der Waals surface area (Å²) >= 11 is 1.96. The SMILES string of the molecule is CCCSCC(CCc1ccnn1C)NN. The maximum atomic E-state index is 5.55. The predicted molar refractivity (Wildman–Crippen MR) is 70.3 cm³/mol. The van der Waals surface area contributed by atoms with Gasteiger partial charge in [0.05, 0.1) is 0 Å². The molecule has 0 spiro atoms. The van der Waals surface area contributed by atoms with Gasteiger partial charge in [0, 0.05) is 30.7 Å². The minimum atomic E-state index is 0.395. The molecule has 1 aromatic heterocycles. The van der Waals surface area contributed by atoms with Gasteiger partial charge in [-0.3, -0.25) is 16.0 Å². The van der Waals surface area contributed by atoms with Crippen LogP contribution in [0.25, 0.3) is 0 Å². The van der Waals surface area contributed by atoms with Gasteiger partial charge in [-0.1, -0.05) is 6.92 Å². The molecular formula is C11H22N4S. The van der Waals surface area contributed by atoms with Gasteiger partial charge in [-0.15, -0.1) is 0 Å². The molecule has 0 bridgehead atoms. The zero-order valence-corrected chi connectivity index (χ0v) is 11.0. The Balaban J connectivity index is 2.26. The maximum Gasteiger partial charge on any atom is 0.0492 e.